The summed E-state index contributed by atoms with van der Waals surface area (Å²) in [5, 5.41) is 20.6. The van der Waals surface area contributed by atoms with E-state index in [1.54, 1.807) is 19.1 Å². The van der Waals surface area contributed by atoms with Gasteiger partial charge in [-0.25, -0.2) is 19.6 Å². The van der Waals surface area contributed by atoms with Crippen LogP contribution in [0.3, 0.4) is 0 Å². The van der Waals surface area contributed by atoms with Crippen molar-refractivity contribution in [3.63, 3.8) is 0 Å². The van der Waals surface area contributed by atoms with Gasteiger partial charge in [0.2, 0.25) is 5.95 Å². The molecule has 0 radical (unpaired) electrons. The second-order valence-corrected chi connectivity index (χ2v) is 4.03. The number of anilines is 2. The molecule has 102 valence electrons. The molecule has 0 amide bonds. The minimum absolute atomic E-state index is 0.102. The molecule has 2 aromatic rings. The predicted molar refractivity (Wildman–Crippen MR) is 70.4 cm³/mol. The van der Waals surface area contributed by atoms with Crippen molar-refractivity contribution in [2.24, 2.45) is 0 Å². The summed E-state index contributed by atoms with van der Waals surface area (Å²) in [6, 6.07) is 7.42. The zero-order valence-corrected chi connectivity index (χ0v) is 10.5. The van der Waals surface area contributed by atoms with Gasteiger partial charge in [-0.2, -0.15) is 0 Å². The van der Waals surface area contributed by atoms with Crippen LogP contribution in [0.15, 0.2) is 30.3 Å². The van der Waals surface area contributed by atoms with E-state index in [-0.39, 0.29) is 17.2 Å². The first kappa shape index (κ1) is 13.5. The number of aryl methyl sites for hydroxylation is 1. The summed E-state index contributed by atoms with van der Waals surface area (Å²) in [6.07, 6.45) is 0. The Kier molecular flexibility index (Phi) is 3.60. The van der Waals surface area contributed by atoms with E-state index in [0.717, 1.165) is 0 Å². The minimum atomic E-state index is -1.15. The molecule has 0 spiro atoms. The van der Waals surface area contributed by atoms with Crippen LogP contribution < -0.4 is 5.32 Å². The van der Waals surface area contributed by atoms with Crippen LogP contribution in [0, 0.1) is 6.92 Å². The van der Waals surface area contributed by atoms with Gasteiger partial charge in [0.25, 0.3) is 0 Å². The van der Waals surface area contributed by atoms with Gasteiger partial charge in [-0.3, -0.25) is 0 Å². The first-order chi connectivity index (χ1) is 9.45. The molecule has 0 saturated heterocycles. The van der Waals surface area contributed by atoms with Crippen molar-refractivity contribution in [3.8, 4) is 0 Å². The molecule has 7 heteroatoms. The van der Waals surface area contributed by atoms with Crippen LogP contribution in [-0.2, 0) is 0 Å². The number of hydrogen-bond donors (Lipinski definition) is 3. The number of rotatable bonds is 4. The summed E-state index contributed by atoms with van der Waals surface area (Å²) in [5.74, 6) is -2.10. The Morgan fingerprint density at radius 3 is 2.50 bits per heavy atom. The fourth-order valence-corrected chi connectivity index (χ4v) is 1.59. The van der Waals surface area contributed by atoms with Crippen LogP contribution in [-0.4, -0.2) is 32.1 Å². The highest BCUT2D eigenvalue weighted by atomic mass is 16.4. The van der Waals surface area contributed by atoms with Gasteiger partial charge in [-0.15, -0.1) is 0 Å². The molecule has 0 atom stereocenters. The zero-order chi connectivity index (χ0) is 14.7. The van der Waals surface area contributed by atoms with Gasteiger partial charge in [0.15, 0.2) is 5.69 Å². The molecule has 3 N–H and O–H groups in total. The molecule has 0 unspecified atom stereocenters. The quantitative estimate of drug-likeness (QED) is 0.780. The average molecular weight is 273 g/mol. The molecule has 0 saturated carbocycles. The molecule has 0 fully saturated rings. The van der Waals surface area contributed by atoms with Gasteiger partial charge in [-0.05, 0) is 31.2 Å². The molecule has 0 aliphatic rings. The summed E-state index contributed by atoms with van der Waals surface area (Å²) < 4.78 is 0. The Hall–Kier alpha value is -2.96. The standard InChI is InChI=1S/C13H11N3O4/c1-7-5-10(12(19)20)16-13(14-7)15-9-4-2-3-8(6-9)11(17)18/h2-6H,1H3,(H,17,18)(H,19,20)(H,14,15,16). The van der Waals surface area contributed by atoms with Crippen LogP contribution in [0.5, 0.6) is 0 Å². The lowest BCUT2D eigenvalue weighted by atomic mass is 10.2. The van der Waals surface area contributed by atoms with Gasteiger partial charge >= 0.3 is 11.9 Å². The fourth-order valence-electron chi connectivity index (χ4n) is 1.59. The number of aromatic nitrogens is 2. The maximum Gasteiger partial charge on any atom is 0.354 e. The first-order valence-corrected chi connectivity index (χ1v) is 5.65. The molecule has 0 bridgehead atoms. The molecule has 7 nitrogen and oxygen atoms in total. The van der Waals surface area contributed by atoms with Crippen molar-refractivity contribution in [3.05, 3.63) is 47.3 Å². The highest BCUT2D eigenvalue weighted by molar-refractivity contribution is 5.89. The Morgan fingerprint density at radius 1 is 1.10 bits per heavy atom. The molecule has 20 heavy (non-hydrogen) atoms. The van der Waals surface area contributed by atoms with Crippen LogP contribution in [0.4, 0.5) is 11.6 Å². The number of carboxylic acid groups (broad SMARTS) is 2. The van der Waals surface area contributed by atoms with E-state index in [9.17, 15) is 9.59 Å². The number of carbonyl (C=O) groups is 2. The second kappa shape index (κ2) is 5.35. The van der Waals surface area contributed by atoms with Crippen LogP contribution in [0.25, 0.3) is 0 Å². The summed E-state index contributed by atoms with van der Waals surface area (Å²) in [7, 11) is 0. The Morgan fingerprint density at radius 2 is 1.85 bits per heavy atom. The van der Waals surface area contributed by atoms with Crippen molar-refractivity contribution < 1.29 is 19.8 Å². The third-order valence-electron chi connectivity index (χ3n) is 2.44. The van der Waals surface area contributed by atoms with E-state index < -0.39 is 11.9 Å². The summed E-state index contributed by atoms with van der Waals surface area (Å²) in [5.41, 5.74) is 0.941. The second-order valence-electron chi connectivity index (χ2n) is 4.03. The van der Waals surface area contributed by atoms with Gasteiger partial charge in [0, 0.05) is 11.4 Å². The highest BCUT2D eigenvalue weighted by Crippen LogP contribution is 2.15. The predicted octanol–water partition coefficient (Wildman–Crippen LogP) is 1.93. The lowest BCUT2D eigenvalue weighted by molar-refractivity contribution is 0.0682. The number of nitrogens with one attached hydrogen (secondary N) is 1. The maximum absolute atomic E-state index is 10.9. The molecular weight excluding hydrogens is 262 g/mol. The molecule has 0 aliphatic carbocycles. The Bertz CT molecular complexity index is 685. The maximum atomic E-state index is 10.9. The average Bonchev–Trinajstić information content (AvgIpc) is 2.38. The molecular formula is C13H11N3O4. The Labute approximate surface area is 113 Å². The van der Waals surface area contributed by atoms with Crippen LogP contribution in [0.1, 0.15) is 26.5 Å². The highest BCUT2D eigenvalue weighted by Gasteiger charge is 2.09. The van der Waals surface area contributed by atoms with E-state index >= 15 is 0 Å². The summed E-state index contributed by atoms with van der Waals surface area (Å²) in [4.78, 5) is 29.7. The molecule has 1 aromatic carbocycles. The van der Waals surface area contributed by atoms with Crippen molar-refractivity contribution in [1.29, 1.82) is 0 Å². The monoisotopic (exact) mass is 273 g/mol. The minimum Gasteiger partial charge on any atom is -0.478 e. The molecule has 1 heterocycles. The largest absolute Gasteiger partial charge is 0.478 e. The fraction of sp³-hybridized carbons (Fsp3) is 0.0769. The number of benzene rings is 1. The van der Waals surface area contributed by atoms with E-state index in [0.29, 0.717) is 11.4 Å². The van der Waals surface area contributed by atoms with E-state index in [4.69, 9.17) is 10.2 Å². The van der Waals surface area contributed by atoms with Gasteiger partial charge in [0.1, 0.15) is 0 Å². The summed E-state index contributed by atoms with van der Waals surface area (Å²) >= 11 is 0. The van der Waals surface area contributed by atoms with Crippen molar-refractivity contribution in [2.75, 3.05) is 5.32 Å². The van der Waals surface area contributed by atoms with Crippen LogP contribution in [0.2, 0.25) is 0 Å². The van der Waals surface area contributed by atoms with Gasteiger partial charge < -0.3 is 15.5 Å². The normalized spacial score (nSPS) is 10.1. The number of nitrogens with zero attached hydrogens (tertiary/aromatic N) is 2. The summed E-state index contributed by atoms with van der Waals surface area (Å²) in [6.45, 7) is 1.65. The zero-order valence-electron chi connectivity index (χ0n) is 10.5. The Balaban J connectivity index is 2.32. The van der Waals surface area contributed by atoms with Crippen molar-refractivity contribution in [2.45, 2.75) is 6.92 Å². The van der Waals surface area contributed by atoms with E-state index in [1.807, 2.05) is 0 Å². The van der Waals surface area contributed by atoms with Crippen molar-refractivity contribution in [1.82, 2.24) is 9.97 Å². The number of hydrogen-bond acceptors (Lipinski definition) is 5. The van der Waals surface area contributed by atoms with Gasteiger partial charge in [0.05, 0.1) is 5.56 Å². The third kappa shape index (κ3) is 3.08. The topological polar surface area (TPSA) is 112 Å². The lowest BCUT2D eigenvalue weighted by Crippen LogP contribution is -2.07. The van der Waals surface area contributed by atoms with Crippen molar-refractivity contribution >= 4 is 23.6 Å². The van der Waals surface area contributed by atoms with E-state index in [2.05, 4.69) is 15.3 Å². The molecule has 2 rings (SSSR count). The molecule has 1 aromatic heterocycles. The van der Waals surface area contributed by atoms with E-state index in [1.165, 1.54) is 18.2 Å². The number of carboxylic acids is 2. The van der Waals surface area contributed by atoms with Gasteiger partial charge in [-0.1, -0.05) is 6.07 Å². The SMILES string of the molecule is Cc1cc(C(=O)O)nc(Nc2cccc(C(=O)O)c2)n1. The lowest BCUT2D eigenvalue weighted by Gasteiger charge is -2.07. The van der Waals surface area contributed by atoms with Crippen LogP contribution >= 0.6 is 0 Å². The number of aromatic carboxylic acids is 2. The first-order valence-electron chi connectivity index (χ1n) is 5.65. The third-order valence-corrected chi connectivity index (χ3v) is 2.44. The smallest absolute Gasteiger partial charge is 0.354 e. The molecule has 0 aliphatic heterocycles.